The molecule has 3 heteroatoms. The van der Waals surface area contributed by atoms with Crippen LogP contribution in [-0.4, -0.2) is 14.5 Å². The molecule has 0 aromatic heterocycles. The lowest BCUT2D eigenvalue weighted by atomic mass is 9.45. The zero-order valence-electron chi connectivity index (χ0n) is 13.9. The second-order valence-corrected chi connectivity index (χ2v) is 11.2. The highest BCUT2D eigenvalue weighted by atomic mass is 127. The predicted octanol–water partition coefficient (Wildman–Crippen LogP) is 4.72. The Bertz CT molecular complexity index is 502. The number of fused-ring (bicyclic) bond motifs is 5. The van der Waals surface area contributed by atoms with Gasteiger partial charge in [0.05, 0.1) is 0 Å². The molecule has 2 nitrogen and oxygen atoms in total. The molecule has 0 aliphatic heterocycles. The summed E-state index contributed by atoms with van der Waals surface area (Å²) >= 11 is 2.27. The summed E-state index contributed by atoms with van der Waals surface area (Å²) in [6.07, 6.45) is 10.0. The molecule has 1 N–H and O–H groups in total. The van der Waals surface area contributed by atoms with Crippen molar-refractivity contribution in [3.63, 3.8) is 0 Å². The molecule has 4 fully saturated rings. The zero-order valence-corrected chi connectivity index (χ0v) is 16.1. The lowest BCUT2D eigenvalue weighted by Crippen LogP contribution is -2.55. The molecule has 0 aromatic rings. The second kappa shape index (κ2) is 4.93. The highest BCUT2D eigenvalue weighted by molar-refractivity contribution is 14.1. The van der Waals surface area contributed by atoms with Crippen LogP contribution in [0.2, 0.25) is 0 Å². The summed E-state index contributed by atoms with van der Waals surface area (Å²) < 4.78 is -0.471. The van der Waals surface area contributed by atoms with Gasteiger partial charge < -0.3 is 5.11 Å². The molecule has 4 saturated carbocycles. The average molecular weight is 416 g/mol. The molecule has 0 heterocycles. The van der Waals surface area contributed by atoms with E-state index in [2.05, 4.69) is 36.4 Å². The normalized spacial score (nSPS) is 57.9. The first-order chi connectivity index (χ1) is 10.3. The zero-order chi connectivity index (χ0) is 15.8. The lowest BCUT2D eigenvalue weighted by molar-refractivity contribution is -0.143. The van der Waals surface area contributed by atoms with Crippen molar-refractivity contribution < 1.29 is 9.90 Å². The van der Waals surface area contributed by atoms with Crippen molar-refractivity contribution in [1.82, 2.24) is 0 Å². The molecule has 0 spiro atoms. The molecule has 4 aliphatic carbocycles. The monoisotopic (exact) mass is 416 g/mol. The third-order valence-electron chi connectivity index (χ3n) is 8.38. The first kappa shape index (κ1) is 15.9. The van der Waals surface area contributed by atoms with E-state index in [0.29, 0.717) is 23.0 Å². The maximum atomic E-state index is 12.4. The minimum Gasteiger partial charge on any atom is -0.380 e. The van der Waals surface area contributed by atoms with Crippen molar-refractivity contribution in [3.8, 4) is 0 Å². The number of Topliss-reactive ketones (excluding diaryl/α,β-unsaturated/α-hetero) is 1. The molecule has 0 bridgehead atoms. The summed E-state index contributed by atoms with van der Waals surface area (Å²) in [5, 5.41) is 10.5. The average Bonchev–Trinajstić information content (AvgIpc) is 2.76. The van der Waals surface area contributed by atoms with Crippen LogP contribution in [0.1, 0.15) is 71.6 Å². The van der Waals surface area contributed by atoms with Gasteiger partial charge in [-0.1, -0.05) is 13.8 Å². The minimum atomic E-state index is -0.471. The minimum absolute atomic E-state index is 0.00301. The molecule has 3 unspecified atom stereocenters. The van der Waals surface area contributed by atoms with Gasteiger partial charge in [0.25, 0.3) is 0 Å². The maximum Gasteiger partial charge on any atom is 0.139 e. The van der Waals surface area contributed by atoms with Crippen LogP contribution in [0.3, 0.4) is 0 Å². The number of ketones is 1. The Kier molecular flexibility index (Phi) is 3.56. The van der Waals surface area contributed by atoms with Crippen molar-refractivity contribution in [2.24, 2.45) is 34.5 Å². The van der Waals surface area contributed by atoms with E-state index in [-0.39, 0.29) is 5.41 Å². The first-order valence-corrected chi connectivity index (χ1v) is 10.3. The van der Waals surface area contributed by atoms with Crippen LogP contribution in [0.25, 0.3) is 0 Å². The SMILES string of the molecule is C[C@]12CCC3C(CC[C@H]4C[C@](O)(I)CC[C@]34C)C1CCC2=O. The molecule has 124 valence electrons. The molecular formula is C19H29IO2. The number of aliphatic hydroxyl groups is 1. The first-order valence-electron chi connectivity index (χ1n) is 9.21. The maximum absolute atomic E-state index is 12.4. The predicted molar refractivity (Wildman–Crippen MR) is 95.7 cm³/mol. The summed E-state index contributed by atoms with van der Waals surface area (Å²) in [5.74, 6) is 3.45. The van der Waals surface area contributed by atoms with Gasteiger partial charge in [0, 0.05) is 11.8 Å². The van der Waals surface area contributed by atoms with Crippen LogP contribution < -0.4 is 0 Å². The molecular weight excluding hydrogens is 387 g/mol. The summed E-state index contributed by atoms with van der Waals surface area (Å²) in [6, 6.07) is 0. The largest absolute Gasteiger partial charge is 0.380 e. The highest BCUT2D eigenvalue weighted by Crippen LogP contribution is 2.66. The molecule has 0 radical (unpaired) electrons. The number of hydrogen-bond donors (Lipinski definition) is 1. The molecule has 0 saturated heterocycles. The van der Waals surface area contributed by atoms with Gasteiger partial charge in [0.1, 0.15) is 9.39 Å². The van der Waals surface area contributed by atoms with E-state index in [0.717, 1.165) is 43.9 Å². The summed E-state index contributed by atoms with van der Waals surface area (Å²) in [5.41, 5.74) is 0.413. The number of rotatable bonds is 0. The summed E-state index contributed by atoms with van der Waals surface area (Å²) in [7, 11) is 0. The number of alkyl halides is 1. The van der Waals surface area contributed by atoms with Crippen LogP contribution in [0.5, 0.6) is 0 Å². The van der Waals surface area contributed by atoms with Crippen LogP contribution in [0.15, 0.2) is 0 Å². The Morgan fingerprint density at radius 2 is 1.82 bits per heavy atom. The topological polar surface area (TPSA) is 37.3 Å². The van der Waals surface area contributed by atoms with E-state index >= 15 is 0 Å². The van der Waals surface area contributed by atoms with Crippen molar-refractivity contribution in [3.05, 3.63) is 0 Å². The van der Waals surface area contributed by atoms with Crippen LogP contribution in [0.4, 0.5) is 0 Å². The van der Waals surface area contributed by atoms with Gasteiger partial charge in [0.15, 0.2) is 0 Å². The molecule has 22 heavy (non-hydrogen) atoms. The van der Waals surface area contributed by atoms with E-state index in [9.17, 15) is 9.90 Å². The van der Waals surface area contributed by atoms with Crippen molar-refractivity contribution in [2.45, 2.75) is 75.2 Å². The summed E-state index contributed by atoms with van der Waals surface area (Å²) in [4.78, 5) is 12.4. The molecule has 0 aromatic carbocycles. The molecule has 4 rings (SSSR count). The van der Waals surface area contributed by atoms with Crippen molar-refractivity contribution >= 4 is 28.4 Å². The molecule has 7 atom stereocenters. The van der Waals surface area contributed by atoms with Crippen molar-refractivity contribution in [2.75, 3.05) is 0 Å². The van der Waals surface area contributed by atoms with Crippen LogP contribution in [-0.2, 0) is 4.79 Å². The third kappa shape index (κ3) is 2.09. The van der Waals surface area contributed by atoms with Gasteiger partial charge in [-0.15, -0.1) is 0 Å². The van der Waals surface area contributed by atoms with Gasteiger partial charge in [-0.05, 0) is 103 Å². The Labute approximate surface area is 148 Å². The van der Waals surface area contributed by atoms with E-state index in [1.54, 1.807) is 0 Å². The third-order valence-corrected chi connectivity index (χ3v) is 9.36. The Morgan fingerprint density at radius 3 is 2.59 bits per heavy atom. The standard InChI is InChI=1S/C19H29IO2/c1-17-9-10-19(20,22)11-12(17)3-4-13-14-5-6-16(21)18(14,2)8-7-15(13)17/h12-15,22H,3-11H2,1-2H3/t12-,13?,14?,15?,17-,18-,19-/m0/s1. The smallest absolute Gasteiger partial charge is 0.139 e. The van der Waals surface area contributed by atoms with Gasteiger partial charge in [-0.25, -0.2) is 0 Å². The Balaban J connectivity index is 1.63. The van der Waals surface area contributed by atoms with E-state index in [1.165, 1.54) is 25.7 Å². The summed E-state index contributed by atoms with van der Waals surface area (Å²) in [6.45, 7) is 4.78. The number of hydrogen-bond acceptors (Lipinski definition) is 2. The number of carbonyl (C=O) groups is 1. The van der Waals surface area contributed by atoms with E-state index in [1.807, 2.05) is 0 Å². The molecule has 0 amide bonds. The molecule has 4 aliphatic rings. The van der Waals surface area contributed by atoms with E-state index < -0.39 is 3.61 Å². The van der Waals surface area contributed by atoms with Crippen LogP contribution >= 0.6 is 22.6 Å². The Hall–Kier alpha value is 0.360. The van der Waals surface area contributed by atoms with Crippen LogP contribution in [0, 0.1) is 34.5 Å². The highest BCUT2D eigenvalue weighted by Gasteiger charge is 2.61. The fourth-order valence-corrected chi connectivity index (χ4v) is 7.77. The lowest BCUT2D eigenvalue weighted by Gasteiger charge is -2.60. The fourth-order valence-electron chi connectivity index (χ4n) is 6.97. The van der Waals surface area contributed by atoms with Gasteiger partial charge in [-0.2, -0.15) is 0 Å². The van der Waals surface area contributed by atoms with Gasteiger partial charge in [0.2, 0.25) is 0 Å². The number of halogens is 1. The van der Waals surface area contributed by atoms with Gasteiger partial charge >= 0.3 is 0 Å². The Morgan fingerprint density at radius 1 is 1.05 bits per heavy atom. The second-order valence-electron chi connectivity index (χ2n) is 9.20. The van der Waals surface area contributed by atoms with Crippen molar-refractivity contribution in [1.29, 1.82) is 0 Å². The fraction of sp³-hybridized carbons (Fsp3) is 0.947. The van der Waals surface area contributed by atoms with E-state index in [4.69, 9.17) is 0 Å². The van der Waals surface area contributed by atoms with Gasteiger partial charge in [-0.3, -0.25) is 4.79 Å². The number of carbonyl (C=O) groups excluding carboxylic acids is 1. The quantitative estimate of drug-likeness (QED) is 0.458.